The lowest BCUT2D eigenvalue weighted by molar-refractivity contribution is 0.0591. The molecule has 0 amide bonds. The molecule has 2 fully saturated rings. The largest absolute Gasteiger partial charge is 0.465 e. The number of benzene rings is 2. The van der Waals surface area contributed by atoms with Gasteiger partial charge in [-0.2, -0.15) is 0 Å². The molecule has 0 heterocycles. The molecular formula is C32H45N2O5PS3. The van der Waals surface area contributed by atoms with E-state index in [1.807, 2.05) is 39.6 Å². The summed E-state index contributed by atoms with van der Waals surface area (Å²) in [5, 5.41) is 0. The number of carbonyl (C=O) groups excluding carboxylic acids is 2. The maximum absolute atomic E-state index is 11.7. The second kappa shape index (κ2) is 17.9. The molecule has 236 valence electrons. The van der Waals surface area contributed by atoms with E-state index >= 15 is 0 Å². The normalized spacial score (nSPS) is 15.2. The lowest BCUT2D eigenvalue weighted by Crippen LogP contribution is -2.19. The molecular weight excluding hydrogens is 620 g/mol. The molecule has 7 nitrogen and oxygen atoms in total. The SMILES string of the molecule is C.CCOP(C)(=S)S.COC(=O)c1cc(C(N)=S)c(C2CCC2)cc1C.[C-]#[N+]c1cc(C(=O)OC)c(C)cc1C1CCC1. The van der Waals surface area contributed by atoms with Gasteiger partial charge in [-0.1, -0.05) is 56.4 Å². The van der Waals surface area contributed by atoms with Gasteiger partial charge < -0.3 is 19.7 Å². The number of aryl methyl sites for hydroxylation is 2. The summed E-state index contributed by atoms with van der Waals surface area (Å²) in [6, 6.07) is 7.45. The first-order chi connectivity index (χ1) is 19.8. The lowest BCUT2D eigenvalue weighted by Gasteiger charge is -2.28. The molecule has 2 aromatic rings. The smallest absolute Gasteiger partial charge is 0.338 e. The summed E-state index contributed by atoms with van der Waals surface area (Å²) in [6.07, 6.45) is 7.14. The Morgan fingerprint density at radius 1 is 0.953 bits per heavy atom. The molecule has 0 spiro atoms. The zero-order valence-electron chi connectivity index (χ0n) is 25.2. The third kappa shape index (κ3) is 11.0. The Kier molecular flexibility index (Phi) is 16.1. The Balaban J connectivity index is 0.000000348. The number of nitrogens with two attached hydrogens (primary N) is 1. The summed E-state index contributed by atoms with van der Waals surface area (Å²) in [6.45, 7) is 15.5. The van der Waals surface area contributed by atoms with E-state index in [0.29, 0.717) is 40.2 Å². The topological polar surface area (TPSA) is 92.2 Å². The van der Waals surface area contributed by atoms with Crippen LogP contribution in [0.3, 0.4) is 0 Å². The van der Waals surface area contributed by atoms with Crippen molar-refractivity contribution in [2.45, 2.75) is 78.6 Å². The van der Waals surface area contributed by atoms with Crippen molar-refractivity contribution in [2.75, 3.05) is 27.5 Å². The second-order valence-corrected chi connectivity index (χ2v) is 17.9. The number of carbonyl (C=O) groups is 2. The van der Waals surface area contributed by atoms with E-state index in [4.69, 9.17) is 50.3 Å². The molecule has 0 aromatic heterocycles. The summed E-state index contributed by atoms with van der Waals surface area (Å²) in [5.41, 5.74) is 10.7. The third-order valence-electron chi connectivity index (χ3n) is 7.43. The Morgan fingerprint density at radius 3 is 1.72 bits per heavy atom. The summed E-state index contributed by atoms with van der Waals surface area (Å²) < 4.78 is 14.5. The molecule has 2 N–H and O–H groups in total. The number of esters is 2. The van der Waals surface area contributed by atoms with Crippen molar-refractivity contribution in [2.24, 2.45) is 5.73 Å². The monoisotopic (exact) mass is 664 g/mol. The van der Waals surface area contributed by atoms with Crippen molar-refractivity contribution < 1.29 is 23.6 Å². The third-order valence-corrected chi connectivity index (χ3v) is 9.05. The number of hydrogen-bond donors (Lipinski definition) is 2. The highest BCUT2D eigenvalue weighted by molar-refractivity contribution is 8.61. The van der Waals surface area contributed by atoms with Crippen molar-refractivity contribution >= 4 is 64.4 Å². The number of methoxy groups -OCH3 is 2. The fourth-order valence-corrected chi connectivity index (χ4v) is 6.08. The average molecular weight is 665 g/mol. The van der Waals surface area contributed by atoms with E-state index in [0.717, 1.165) is 35.1 Å². The van der Waals surface area contributed by atoms with Crippen LogP contribution in [-0.2, 0) is 25.8 Å². The first-order valence-corrected chi connectivity index (χ1v) is 18.6. The Hall–Kier alpha value is -2.28. The zero-order valence-corrected chi connectivity index (χ0v) is 28.6. The molecule has 0 saturated heterocycles. The van der Waals surface area contributed by atoms with Gasteiger partial charge in [0, 0.05) is 12.2 Å². The zero-order chi connectivity index (χ0) is 31.6. The molecule has 2 aliphatic rings. The summed E-state index contributed by atoms with van der Waals surface area (Å²) in [5.74, 6) is 0.328. The number of ether oxygens (including phenoxy) is 2. The molecule has 1 atom stereocenters. The van der Waals surface area contributed by atoms with Gasteiger partial charge in [-0.25, -0.2) is 14.4 Å². The first kappa shape index (κ1) is 38.7. The van der Waals surface area contributed by atoms with Crippen LogP contribution in [0.5, 0.6) is 0 Å². The summed E-state index contributed by atoms with van der Waals surface area (Å²) in [7, 11) is 2.74. The fourth-order valence-electron chi connectivity index (χ4n) is 4.76. The highest BCUT2D eigenvalue weighted by Gasteiger charge is 2.26. The van der Waals surface area contributed by atoms with Crippen LogP contribution in [0.1, 0.15) is 113 Å². The van der Waals surface area contributed by atoms with Crippen LogP contribution < -0.4 is 5.73 Å². The van der Waals surface area contributed by atoms with E-state index in [-0.39, 0.29) is 19.4 Å². The Bertz CT molecular complexity index is 1390. The van der Waals surface area contributed by atoms with Crippen LogP contribution in [-0.4, -0.2) is 44.4 Å². The lowest BCUT2D eigenvalue weighted by atomic mass is 9.77. The summed E-state index contributed by atoms with van der Waals surface area (Å²) in [4.78, 5) is 27.1. The number of thiol groups is 1. The molecule has 2 aromatic carbocycles. The van der Waals surface area contributed by atoms with E-state index in [9.17, 15) is 9.59 Å². The predicted octanol–water partition coefficient (Wildman–Crippen LogP) is 8.81. The van der Waals surface area contributed by atoms with Crippen LogP contribution in [0.2, 0.25) is 0 Å². The van der Waals surface area contributed by atoms with Gasteiger partial charge in [0.15, 0.2) is 5.69 Å². The van der Waals surface area contributed by atoms with Crippen molar-refractivity contribution in [1.82, 2.24) is 0 Å². The van der Waals surface area contributed by atoms with Gasteiger partial charge in [-0.3, -0.25) is 0 Å². The number of thiocarbonyl (C=S) groups is 1. The maximum atomic E-state index is 11.7. The molecule has 0 aliphatic heterocycles. The van der Waals surface area contributed by atoms with Crippen molar-refractivity contribution in [3.63, 3.8) is 0 Å². The molecule has 43 heavy (non-hydrogen) atoms. The van der Waals surface area contributed by atoms with Gasteiger partial charge in [0.25, 0.3) is 0 Å². The minimum Gasteiger partial charge on any atom is -0.465 e. The molecule has 0 bridgehead atoms. The Labute approximate surface area is 273 Å². The van der Waals surface area contributed by atoms with E-state index in [2.05, 4.69) is 17.1 Å². The first-order valence-electron chi connectivity index (χ1n) is 13.9. The van der Waals surface area contributed by atoms with Crippen LogP contribution in [0.25, 0.3) is 4.85 Å². The number of rotatable bonds is 7. The molecule has 11 heteroatoms. The standard InChI is InChI=1S/C14H17NO2S.C14H15NO2.C3H9OPS2.CH4/c1-8-6-11(9-4-3-5-9)12(13(15)18)7-10(8)14(16)17-2;1-9-7-12(10-5-4-6-10)13(15-2)8-11(9)14(16)17-3;1-3-4-5(2,6)7;/h6-7,9H,3-5H2,1-2H3,(H2,15,18);7-8,10H,4-6H2,1,3H3;3H2,1-2H3,(H,6,7);1H4. The molecule has 0 radical (unpaired) electrons. The predicted molar refractivity (Wildman–Crippen MR) is 188 cm³/mol. The van der Waals surface area contributed by atoms with Crippen LogP contribution in [0.15, 0.2) is 24.3 Å². The highest BCUT2D eigenvalue weighted by Crippen LogP contribution is 2.47. The van der Waals surface area contributed by atoms with Gasteiger partial charge >= 0.3 is 11.9 Å². The van der Waals surface area contributed by atoms with Crippen LogP contribution in [0, 0.1) is 20.4 Å². The Morgan fingerprint density at radius 2 is 1.40 bits per heavy atom. The van der Waals surface area contributed by atoms with E-state index < -0.39 is 5.47 Å². The number of nitrogens with zero attached hydrogens (tertiary/aromatic N) is 1. The van der Waals surface area contributed by atoms with Gasteiger partial charge in [-0.05, 0) is 99.3 Å². The van der Waals surface area contributed by atoms with Crippen LogP contribution in [0.4, 0.5) is 5.69 Å². The molecule has 4 rings (SSSR count). The van der Waals surface area contributed by atoms with Crippen molar-refractivity contribution in [1.29, 1.82) is 0 Å². The maximum Gasteiger partial charge on any atom is 0.338 e. The number of hydrogen-bond acceptors (Lipinski definition) is 7. The van der Waals surface area contributed by atoms with Crippen LogP contribution >= 0.6 is 29.9 Å². The minimum absolute atomic E-state index is 0. The summed E-state index contributed by atoms with van der Waals surface area (Å²) >= 11 is 14.0. The quantitative estimate of drug-likeness (QED) is 0.0998. The second-order valence-electron chi connectivity index (χ2n) is 10.4. The van der Waals surface area contributed by atoms with Gasteiger partial charge in [-0.15, -0.1) is 12.2 Å². The van der Waals surface area contributed by atoms with E-state index in [1.165, 1.54) is 45.5 Å². The molecule has 2 saturated carbocycles. The molecule has 1 unspecified atom stereocenters. The van der Waals surface area contributed by atoms with Crippen molar-refractivity contribution in [3.05, 3.63) is 74.6 Å². The van der Waals surface area contributed by atoms with Gasteiger partial charge in [0.1, 0.15) is 10.5 Å². The van der Waals surface area contributed by atoms with Gasteiger partial charge in [0.2, 0.25) is 0 Å². The fraction of sp³-hybridized carbons (Fsp3) is 0.500. The van der Waals surface area contributed by atoms with Crippen molar-refractivity contribution in [3.8, 4) is 0 Å². The van der Waals surface area contributed by atoms with Gasteiger partial charge in [0.05, 0.1) is 31.9 Å². The van der Waals surface area contributed by atoms with E-state index in [1.54, 1.807) is 12.1 Å². The molecule has 2 aliphatic carbocycles. The minimum atomic E-state index is -1.64. The highest BCUT2D eigenvalue weighted by atomic mass is 32.9. The average Bonchev–Trinajstić information content (AvgIpc) is 2.86.